The van der Waals surface area contributed by atoms with Crippen LogP contribution < -0.4 is 10.6 Å². The molecule has 1 fully saturated rings. The van der Waals surface area contributed by atoms with Crippen molar-refractivity contribution in [2.24, 2.45) is 11.7 Å². The van der Waals surface area contributed by atoms with E-state index >= 15 is 0 Å². The molecule has 1 aromatic rings. The van der Waals surface area contributed by atoms with Crippen LogP contribution in [0.3, 0.4) is 0 Å². The number of carboxylic acids is 1. The van der Waals surface area contributed by atoms with Crippen LogP contribution in [0.25, 0.3) is 0 Å². The third-order valence-electron chi connectivity index (χ3n) is 3.00. The van der Waals surface area contributed by atoms with E-state index in [1.54, 1.807) is 6.07 Å². The number of nitrogens with zero attached hydrogens (tertiary/aromatic N) is 3. The second-order valence-corrected chi connectivity index (χ2v) is 4.26. The van der Waals surface area contributed by atoms with Gasteiger partial charge in [0.05, 0.1) is 5.92 Å². The summed E-state index contributed by atoms with van der Waals surface area (Å²) in [5.74, 6) is -1.22. The zero-order chi connectivity index (χ0) is 13.1. The number of carboxylic acid groups (broad SMARTS) is 1. The lowest BCUT2D eigenvalue weighted by Crippen LogP contribution is -2.39. The normalized spacial score (nSPS) is 19.6. The Morgan fingerprint density at radius 1 is 1.39 bits per heavy atom. The van der Waals surface area contributed by atoms with E-state index in [1.165, 1.54) is 6.07 Å². The molecule has 1 atom stereocenters. The monoisotopic (exact) mass is 250 g/mol. The van der Waals surface area contributed by atoms with Crippen LogP contribution in [-0.2, 0) is 4.79 Å². The molecule has 2 rings (SSSR count). The van der Waals surface area contributed by atoms with Gasteiger partial charge in [0.1, 0.15) is 0 Å². The van der Waals surface area contributed by atoms with Crippen molar-refractivity contribution in [1.82, 2.24) is 10.2 Å². The van der Waals surface area contributed by atoms with Gasteiger partial charge in [-0.3, -0.25) is 9.59 Å². The van der Waals surface area contributed by atoms with Crippen LogP contribution in [0.1, 0.15) is 23.3 Å². The predicted molar refractivity (Wildman–Crippen MR) is 63.1 cm³/mol. The molecule has 0 bridgehead atoms. The van der Waals surface area contributed by atoms with E-state index in [9.17, 15) is 9.59 Å². The van der Waals surface area contributed by atoms with Gasteiger partial charge in [-0.05, 0) is 25.0 Å². The van der Waals surface area contributed by atoms with Crippen molar-refractivity contribution in [3.8, 4) is 0 Å². The summed E-state index contributed by atoms with van der Waals surface area (Å²) in [6.07, 6.45) is 1.48. The molecule has 0 aliphatic carbocycles. The first-order valence-electron chi connectivity index (χ1n) is 5.69. The molecule has 1 unspecified atom stereocenters. The third-order valence-corrected chi connectivity index (χ3v) is 3.00. The maximum absolute atomic E-state index is 11.0. The topological polar surface area (TPSA) is 109 Å². The van der Waals surface area contributed by atoms with Gasteiger partial charge >= 0.3 is 5.97 Å². The quantitative estimate of drug-likeness (QED) is 0.773. The Balaban J connectivity index is 2.11. The SMILES string of the molecule is NC(=O)c1ccc(N2CCCC(C(=O)O)C2)nn1. The number of nitrogens with two attached hydrogens (primary N) is 1. The lowest BCUT2D eigenvalue weighted by molar-refractivity contribution is -0.141. The molecule has 2 heterocycles. The maximum Gasteiger partial charge on any atom is 0.308 e. The van der Waals surface area contributed by atoms with Crippen molar-refractivity contribution in [3.05, 3.63) is 17.8 Å². The molecule has 96 valence electrons. The lowest BCUT2D eigenvalue weighted by atomic mass is 9.98. The van der Waals surface area contributed by atoms with Crippen molar-refractivity contribution in [2.45, 2.75) is 12.8 Å². The van der Waals surface area contributed by atoms with E-state index in [4.69, 9.17) is 10.8 Å². The van der Waals surface area contributed by atoms with Crippen LogP contribution in [0.4, 0.5) is 5.82 Å². The van der Waals surface area contributed by atoms with Crippen LogP contribution in [0, 0.1) is 5.92 Å². The van der Waals surface area contributed by atoms with E-state index in [2.05, 4.69) is 10.2 Å². The van der Waals surface area contributed by atoms with Crippen LogP contribution >= 0.6 is 0 Å². The molecule has 18 heavy (non-hydrogen) atoms. The van der Waals surface area contributed by atoms with E-state index in [1.807, 2.05) is 4.90 Å². The number of anilines is 1. The molecule has 1 aliphatic rings. The van der Waals surface area contributed by atoms with Gasteiger partial charge in [-0.15, -0.1) is 10.2 Å². The van der Waals surface area contributed by atoms with Gasteiger partial charge in [0, 0.05) is 13.1 Å². The average Bonchev–Trinajstić information content (AvgIpc) is 2.39. The number of hydrogen-bond acceptors (Lipinski definition) is 5. The number of aliphatic carboxylic acids is 1. The Kier molecular flexibility index (Phi) is 3.40. The number of piperidine rings is 1. The smallest absolute Gasteiger partial charge is 0.308 e. The number of hydrogen-bond donors (Lipinski definition) is 2. The summed E-state index contributed by atoms with van der Waals surface area (Å²) in [5, 5.41) is 16.6. The van der Waals surface area contributed by atoms with Gasteiger partial charge in [0.2, 0.25) is 0 Å². The Labute approximate surface area is 104 Å². The highest BCUT2D eigenvalue weighted by molar-refractivity contribution is 5.90. The third kappa shape index (κ3) is 2.55. The molecule has 1 aromatic heterocycles. The second kappa shape index (κ2) is 4.99. The summed E-state index contributed by atoms with van der Waals surface area (Å²) >= 11 is 0. The van der Waals surface area contributed by atoms with Crippen molar-refractivity contribution < 1.29 is 14.7 Å². The summed E-state index contributed by atoms with van der Waals surface area (Å²) in [5.41, 5.74) is 5.17. The van der Waals surface area contributed by atoms with E-state index < -0.39 is 11.9 Å². The summed E-state index contributed by atoms with van der Waals surface area (Å²) in [4.78, 5) is 23.7. The molecule has 1 aliphatic heterocycles. The number of carbonyl (C=O) groups excluding carboxylic acids is 1. The van der Waals surface area contributed by atoms with E-state index in [-0.39, 0.29) is 11.6 Å². The highest BCUT2D eigenvalue weighted by atomic mass is 16.4. The molecule has 0 radical (unpaired) electrons. The summed E-state index contributed by atoms with van der Waals surface area (Å²) in [6, 6.07) is 3.13. The minimum Gasteiger partial charge on any atom is -0.481 e. The Morgan fingerprint density at radius 3 is 2.72 bits per heavy atom. The van der Waals surface area contributed by atoms with Crippen LogP contribution in [0.15, 0.2) is 12.1 Å². The number of rotatable bonds is 3. The number of carbonyl (C=O) groups is 2. The maximum atomic E-state index is 11.0. The zero-order valence-electron chi connectivity index (χ0n) is 9.74. The standard InChI is InChI=1S/C11H14N4O3/c12-10(16)8-3-4-9(14-13-8)15-5-1-2-7(6-15)11(17)18/h3-4,7H,1-2,5-6H2,(H2,12,16)(H,17,18). The summed E-state index contributed by atoms with van der Waals surface area (Å²) < 4.78 is 0. The number of amides is 1. The molecule has 0 saturated carbocycles. The number of aromatic nitrogens is 2. The largest absolute Gasteiger partial charge is 0.481 e. The minimum atomic E-state index is -0.790. The summed E-state index contributed by atoms with van der Waals surface area (Å²) in [6.45, 7) is 1.16. The molecule has 1 saturated heterocycles. The first kappa shape index (κ1) is 12.3. The molecule has 0 spiro atoms. The Morgan fingerprint density at radius 2 is 2.17 bits per heavy atom. The molecule has 3 N–H and O–H groups in total. The molecule has 7 nitrogen and oxygen atoms in total. The molecular formula is C11H14N4O3. The summed E-state index contributed by atoms with van der Waals surface area (Å²) in [7, 11) is 0. The fourth-order valence-electron chi connectivity index (χ4n) is 2.01. The fraction of sp³-hybridized carbons (Fsp3) is 0.455. The van der Waals surface area contributed by atoms with Crippen molar-refractivity contribution in [1.29, 1.82) is 0 Å². The average molecular weight is 250 g/mol. The van der Waals surface area contributed by atoms with E-state index in [0.29, 0.717) is 18.8 Å². The van der Waals surface area contributed by atoms with Gasteiger partial charge in [-0.2, -0.15) is 0 Å². The van der Waals surface area contributed by atoms with Gasteiger partial charge in [0.25, 0.3) is 5.91 Å². The highest BCUT2D eigenvalue weighted by Crippen LogP contribution is 2.21. The van der Waals surface area contributed by atoms with Crippen molar-refractivity contribution in [2.75, 3.05) is 18.0 Å². The Bertz CT molecular complexity index is 460. The second-order valence-electron chi connectivity index (χ2n) is 4.26. The van der Waals surface area contributed by atoms with E-state index in [0.717, 1.165) is 13.0 Å². The molecule has 1 amide bonds. The fourth-order valence-corrected chi connectivity index (χ4v) is 2.01. The predicted octanol–water partition coefficient (Wildman–Crippen LogP) is -0.124. The van der Waals surface area contributed by atoms with Gasteiger partial charge < -0.3 is 15.7 Å². The molecule has 7 heteroatoms. The van der Waals surface area contributed by atoms with Crippen LogP contribution in [-0.4, -0.2) is 40.3 Å². The minimum absolute atomic E-state index is 0.102. The van der Waals surface area contributed by atoms with Gasteiger partial charge in [-0.1, -0.05) is 0 Å². The number of primary amides is 1. The molecular weight excluding hydrogens is 236 g/mol. The lowest BCUT2D eigenvalue weighted by Gasteiger charge is -2.31. The Hall–Kier alpha value is -2.18. The van der Waals surface area contributed by atoms with Crippen molar-refractivity contribution >= 4 is 17.7 Å². The van der Waals surface area contributed by atoms with Gasteiger partial charge in [0.15, 0.2) is 11.5 Å². The van der Waals surface area contributed by atoms with Crippen molar-refractivity contribution in [3.63, 3.8) is 0 Å². The first-order valence-corrected chi connectivity index (χ1v) is 5.69. The van der Waals surface area contributed by atoms with Crippen LogP contribution in [0.2, 0.25) is 0 Å². The zero-order valence-corrected chi connectivity index (χ0v) is 9.74. The van der Waals surface area contributed by atoms with Crippen LogP contribution in [0.5, 0.6) is 0 Å². The molecule has 0 aromatic carbocycles. The highest BCUT2D eigenvalue weighted by Gasteiger charge is 2.26. The van der Waals surface area contributed by atoms with Gasteiger partial charge in [-0.25, -0.2) is 0 Å². The first-order chi connectivity index (χ1) is 8.58.